The number of aryl methyl sites for hydroxylation is 1. The molecule has 17 heavy (non-hydrogen) atoms. The number of aromatic nitrogens is 2. The van der Waals surface area contributed by atoms with Gasteiger partial charge in [-0.3, -0.25) is 4.68 Å². The Kier molecular flexibility index (Phi) is 3.29. The molecule has 0 aliphatic heterocycles. The van der Waals surface area contributed by atoms with Gasteiger partial charge in [-0.05, 0) is 26.3 Å². The average Bonchev–Trinajstić information content (AvgIpc) is 2.77. The number of hydrogen-bond acceptors (Lipinski definition) is 2. The Labute approximate surface area is 102 Å². The molecule has 1 aromatic carbocycles. The zero-order chi connectivity index (χ0) is 12.4. The summed E-state index contributed by atoms with van der Waals surface area (Å²) in [7, 11) is 0. The Morgan fingerprint density at radius 2 is 2.00 bits per heavy atom. The number of aliphatic hydroxyl groups excluding tert-OH is 1. The highest BCUT2D eigenvalue weighted by molar-refractivity contribution is 5.30. The first-order chi connectivity index (χ1) is 8.08. The van der Waals surface area contributed by atoms with E-state index in [1.807, 2.05) is 42.1 Å². The van der Waals surface area contributed by atoms with Crippen LogP contribution in [0.5, 0.6) is 0 Å². The van der Waals surface area contributed by atoms with E-state index in [-0.39, 0.29) is 0 Å². The van der Waals surface area contributed by atoms with Gasteiger partial charge in [-0.2, -0.15) is 5.10 Å². The topological polar surface area (TPSA) is 38.1 Å². The number of benzene rings is 1. The van der Waals surface area contributed by atoms with Crippen molar-refractivity contribution in [1.82, 2.24) is 9.78 Å². The molecule has 0 saturated heterocycles. The molecule has 2 aromatic rings. The Morgan fingerprint density at radius 1 is 1.24 bits per heavy atom. The zero-order valence-electron chi connectivity index (χ0n) is 10.5. The number of hydrogen-bond donors (Lipinski definition) is 1. The summed E-state index contributed by atoms with van der Waals surface area (Å²) in [6.45, 7) is 6.15. The van der Waals surface area contributed by atoms with Crippen molar-refractivity contribution >= 4 is 0 Å². The van der Waals surface area contributed by atoms with Gasteiger partial charge in [0.05, 0.1) is 6.20 Å². The summed E-state index contributed by atoms with van der Waals surface area (Å²) >= 11 is 0. The molecule has 0 bridgehead atoms. The second-order valence-corrected chi connectivity index (χ2v) is 4.66. The summed E-state index contributed by atoms with van der Waals surface area (Å²) in [6.07, 6.45) is 3.03. The lowest BCUT2D eigenvalue weighted by molar-refractivity contribution is 0.220. The van der Waals surface area contributed by atoms with Crippen LogP contribution >= 0.6 is 0 Å². The van der Waals surface area contributed by atoms with Crippen LogP contribution in [-0.4, -0.2) is 14.9 Å². The van der Waals surface area contributed by atoms with E-state index in [0.29, 0.717) is 6.04 Å². The van der Waals surface area contributed by atoms with Crippen LogP contribution in [0.15, 0.2) is 36.7 Å². The second kappa shape index (κ2) is 4.72. The van der Waals surface area contributed by atoms with E-state index in [4.69, 9.17) is 0 Å². The van der Waals surface area contributed by atoms with Crippen LogP contribution in [0.1, 0.15) is 42.7 Å². The molecule has 0 saturated carbocycles. The van der Waals surface area contributed by atoms with Crippen LogP contribution in [0.4, 0.5) is 0 Å². The molecule has 0 radical (unpaired) electrons. The molecule has 0 aliphatic carbocycles. The lowest BCUT2D eigenvalue weighted by Gasteiger charge is -2.09. The molecule has 90 valence electrons. The molecule has 1 unspecified atom stereocenters. The molecule has 0 amide bonds. The lowest BCUT2D eigenvalue weighted by Crippen LogP contribution is -2.01. The molecule has 1 heterocycles. The first-order valence-corrected chi connectivity index (χ1v) is 5.86. The fraction of sp³-hybridized carbons (Fsp3) is 0.357. The van der Waals surface area contributed by atoms with E-state index in [2.05, 4.69) is 18.9 Å². The quantitative estimate of drug-likeness (QED) is 0.880. The third-order valence-corrected chi connectivity index (χ3v) is 2.82. The summed E-state index contributed by atoms with van der Waals surface area (Å²) in [6, 6.07) is 8.23. The summed E-state index contributed by atoms with van der Waals surface area (Å²) in [5.74, 6) is 0. The van der Waals surface area contributed by atoms with Gasteiger partial charge in [0.2, 0.25) is 0 Å². The van der Waals surface area contributed by atoms with Crippen LogP contribution in [0, 0.1) is 6.92 Å². The van der Waals surface area contributed by atoms with Crippen LogP contribution in [-0.2, 0) is 0 Å². The van der Waals surface area contributed by atoms with Gasteiger partial charge in [0.1, 0.15) is 6.10 Å². The molecule has 3 nitrogen and oxygen atoms in total. The monoisotopic (exact) mass is 230 g/mol. The third-order valence-electron chi connectivity index (χ3n) is 2.82. The van der Waals surface area contributed by atoms with Gasteiger partial charge in [0.25, 0.3) is 0 Å². The predicted octanol–water partition coefficient (Wildman–Crippen LogP) is 2.85. The minimum absolute atomic E-state index is 0.313. The minimum Gasteiger partial charge on any atom is -0.384 e. The Hall–Kier alpha value is -1.61. The maximum absolute atomic E-state index is 10.3. The second-order valence-electron chi connectivity index (χ2n) is 4.66. The van der Waals surface area contributed by atoms with Gasteiger partial charge in [-0.25, -0.2) is 0 Å². The van der Waals surface area contributed by atoms with Crippen molar-refractivity contribution in [3.63, 3.8) is 0 Å². The molecule has 0 spiro atoms. The number of aliphatic hydroxyl groups is 1. The van der Waals surface area contributed by atoms with Crippen LogP contribution in [0.3, 0.4) is 0 Å². The molecule has 1 N–H and O–H groups in total. The lowest BCUT2D eigenvalue weighted by atomic mass is 10.0. The number of nitrogens with zero attached hydrogens (tertiary/aromatic N) is 2. The smallest absolute Gasteiger partial charge is 0.107 e. The van der Waals surface area contributed by atoms with Crippen molar-refractivity contribution in [2.75, 3.05) is 0 Å². The molecular formula is C14H18N2O. The molecule has 2 rings (SSSR count). The largest absolute Gasteiger partial charge is 0.384 e. The molecule has 0 aliphatic rings. The van der Waals surface area contributed by atoms with E-state index < -0.39 is 6.10 Å². The fourth-order valence-electron chi connectivity index (χ4n) is 1.81. The predicted molar refractivity (Wildman–Crippen MR) is 67.9 cm³/mol. The Bertz CT molecular complexity index is 502. The maximum Gasteiger partial charge on any atom is 0.107 e. The molecule has 0 fully saturated rings. The minimum atomic E-state index is -0.595. The van der Waals surface area contributed by atoms with Crippen molar-refractivity contribution in [3.05, 3.63) is 53.3 Å². The van der Waals surface area contributed by atoms with Crippen LogP contribution in [0.2, 0.25) is 0 Å². The summed E-state index contributed by atoms with van der Waals surface area (Å²) in [4.78, 5) is 0. The van der Waals surface area contributed by atoms with Gasteiger partial charge in [-0.15, -0.1) is 0 Å². The SMILES string of the molecule is Cc1cccc(C(O)c2cnn(C(C)C)c2)c1. The van der Waals surface area contributed by atoms with Gasteiger partial charge in [-0.1, -0.05) is 29.8 Å². The van der Waals surface area contributed by atoms with Crippen LogP contribution < -0.4 is 0 Å². The van der Waals surface area contributed by atoms with E-state index in [9.17, 15) is 5.11 Å². The van der Waals surface area contributed by atoms with Crippen molar-refractivity contribution in [2.24, 2.45) is 0 Å². The van der Waals surface area contributed by atoms with E-state index in [1.54, 1.807) is 6.20 Å². The summed E-state index contributed by atoms with van der Waals surface area (Å²) in [5.41, 5.74) is 2.90. The highest BCUT2D eigenvalue weighted by Crippen LogP contribution is 2.22. The van der Waals surface area contributed by atoms with E-state index in [0.717, 1.165) is 16.7 Å². The van der Waals surface area contributed by atoms with Gasteiger partial charge in [0, 0.05) is 17.8 Å². The number of rotatable bonds is 3. The third kappa shape index (κ3) is 2.56. The van der Waals surface area contributed by atoms with Gasteiger partial charge < -0.3 is 5.11 Å². The van der Waals surface area contributed by atoms with Crippen LogP contribution in [0.25, 0.3) is 0 Å². The van der Waals surface area contributed by atoms with E-state index >= 15 is 0 Å². The normalized spacial score (nSPS) is 13.0. The highest BCUT2D eigenvalue weighted by atomic mass is 16.3. The summed E-state index contributed by atoms with van der Waals surface area (Å²) < 4.78 is 1.86. The van der Waals surface area contributed by atoms with Crippen molar-refractivity contribution < 1.29 is 5.11 Å². The van der Waals surface area contributed by atoms with Crippen molar-refractivity contribution in [2.45, 2.75) is 32.9 Å². The van der Waals surface area contributed by atoms with E-state index in [1.165, 1.54) is 0 Å². The first-order valence-electron chi connectivity index (χ1n) is 5.86. The molecule has 3 heteroatoms. The maximum atomic E-state index is 10.3. The van der Waals surface area contributed by atoms with Gasteiger partial charge >= 0.3 is 0 Å². The average molecular weight is 230 g/mol. The Balaban J connectivity index is 2.27. The zero-order valence-corrected chi connectivity index (χ0v) is 10.5. The van der Waals surface area contributed by atoms with Crippen molar-refractivity contribution in [3.8, 4) is 0 Å². The standard InChI is InChI=1S/C14H18N2O/c1-10(2)16-9-13(8-15-16)14(17)12-6-4-5-11(3)7-12/h4-10,14,17H,1-3H3. The van der Waals surface area contributed by atoms with Gasteiger partial charge in [0.15, 0.2) is 0 Å². The fourth-order valence-corrected chi connectivity index (χ4v) is 1.81. The summed E-state index contributed by atoms with van der Waals surface area (Å²) in [5, 5.41) is 14.5. The molecular weight excluding hydrogens is 212 g/mol. The molecule has 1 aromatic heterocycles. The highest BCUT2D eigenvalue weighted by Gasteiger charge is 2.13. The van der Waals surface area contributed by atoms with Crippen molar-refractivity contribution in [1.29, 1.82) is 0 Å². The first kappa shape index (κ1) is 11.9. The Morgan fingerprint density at radius 3 is 2.59 bits per heavy atom. The molecule has 1 atom stereocenters.